The molecule has 0 fully saturated rings. The third kappa shape index (κ3) is 2.49. The van der Waals surface area contributed by atoms with Crippen molar-refractivity contribution in [2.75, 3.05) is 18.3 Å². The van der Waals surface area contributed by atoms with Gasteiger partial charge in [-0.1, -0.05) is 6.07 Å². The maximum Gasteiger partial charge on any atom is 0.263 e. The van der Waals surface area contributed by atoms with Crippen LogP contribution >= 0.6 is 0 Å². The fourth-order valence-electron chi connectivity index (χ4n) is 2.57. The Balaban J connectivity index is 1.55. The summed E-state index contributed by atoms with van der Waals surface area (Å²) in [7, 11) is 1.46. The smallest absolute Gasteiger partial charge is 0.263 e. The summed E-state index contributed by atoms with van der Waals surface area (Å²) in [5.41, 5.74) is 4.07. The molecule has 0 atom stereocenters. The first-order valence-corrected chi connectivity index (χ1v) is 7.55. The molecule has 0 unspecified atom stereocenters. The van der Waals surface area contributed by atoms with E-state index in [0.29, 0.717) is 28.2 Å². The Kier molecular flexibility index (Phi) is 3.50. The zero-order valence-electron chi connectivity index (χ0n) is 13.6. The maximum absolute atomic E-state index is 12.1. The van der Waals surface area contributed by atoms with Gasteiger partial charge in [-0.3, -0.25) is 14.5 Å². The topological polar surface area (TPSA) is 132 Å². The van der Waals surface area contributed by atoms with Crippen molar-refractivity contribution < 1.29 is 14.0 Å². The lowest BCUT2D eigenvalue weighted by molar-refractivity contribution is 0.0693. The summed E-state index contributed by atoms with van der Waals surface area (Å²) >= 11 is 0. The van der Waals surface area contributed by atoms with E-state index in [9.17, 15) is 9.59 Å². The predicted molar refractivity (Wildman–Crippen MR) is 92.0 cm³/mol. The van der Waals surface area contributed by atoms with Crippen LogP contribution in [0, 0.1) is 0 Å². The van der Waals surface area contributed by atoms with Gasteiger partial charge in [0, 0.05) is 12.6 Å². The molecular weight excluding hydrogens is 338 g/mol. The molecule has 10 heteroatoms. The summed E-state index contributed by atoms with van der Waals surface area (Å²) in [4.78, 5) is 25.1. The van der Waals surface area contributed by atoms with Gasteiger partial charge in [0.05, 0.1) is 17.3 Å². The average molecular weight is 351 g/mol. The standard InChI is InChI=1S/C16H13N7O3/c1-22-14(24)11-4-2-9(6-12(11)15(22)25)13-5-3-10(26-13)7-18-20-16-21-19-8-23(16)17/h2-8H,17H2,1H3,(H,20,21). The number of furan rings is 1. The highest BCUT2D eigenvalue weighted by Gasteiger charge is 2.32. The van der Waals surface area contributed by atoms with Crippen molar-refractivity contribution in [1.29, 1.82) is 0 Å². The van der Waals surface area contributed by atoms with Crippen molar-refractivity contribution in [1.82, 2.24) is 19.8 Å². The number of imide groups is 1. The Morgan fingerprint density at radius 3 is 2.77 bits per heavy atom. The van der Waals surface area contributed by atoms with Crippen LogP contribution < -0.4 is 11.3 Å². The van der Waals surface area contributed by atoms with Gasteiger partial charge >= 0.3 is 0 Å². The second-order valence-electron chi connectivity index (χ2n) is 5.56. The van der Waals surface area contributed by atoms with Crippen LogP contribution in [0.5, 0.6) is 0 Å². The molecule has 4 rings (SSSR count). The first-order chi connectivity index (χ1) is 12.5. The highest BCUT2D eigenvalue weighted by atomic mass is 16.3. The molecule has 3 heterocycles. The average Bonchev–Trinajstić information content (AvgIpc) is 3.33. The summed E-state index contributed by atoms with van der Waals surface area (Å²) < 4.78 is 6.88. The SMILES string of the molecule is CN1C(=O)c2ccc(-c3ccc(C=NNc4nncn4N)o3)cc2C1=O. The minimum Gasteiger partial charge on any atom is -0.455 e. The number of hydrazone groups is 1. The third-order valence-corrected chi connectivity index (χ3v) is 3.93. The van der Waals surface area contributed by atoms with Crippen LogP contribution in [-0.4, -0.2) is 44.9 Å². The van der Waals surface area contributed by atoms with Gasteiger partial charge in [-0.15, -0.1) is 10.2 Å². The summed E-state index contributed by atoms with van der Waals surface area (Å²) in [5.74, 6) is 6.23. The molecule has 0 saturated heterocycles. The van der Waals surface area contributed by atoms with E-state index in [1.807, 2.05) is 0 Å². The minimum atomic E-state index is -0.324. The molecule has 1 aliphatic heterocycles. The van der Waals surface area contributed by atoms with Gasteiger partial charge in [-0.2, -0.15) is 5.10 Å². The lowest BCUT2D eigenvalue weighted by Gasteiger charge is -2.02. The van der Waals surface area contributed by atoms with E-state index in [4.69, 9.17) is 10.3 Å². The number of rotatable bonds is 4. The summed E-state index contributed by atoms with van der Waals surface area (Å²) in [5, 5.41) is 11.3. The Labute approximate surface area is 146 Å². The number of nitrogen functional groups attached to an aromatic ring is 1. The minimum absolute atomic E-state index is 0.277. The molecule has 2 amide bonds. The molecule has 0 spiro atoms. The Morgan fingerprint density at radius 1 is 1.19 bits per heavy atom. The van der Waals surface area contributed by atoms with Crippen molar-refractivity contribution in [3.05, 3.63) is 53.5 Å². The van der Waals surface area contributed by atoms with Crippen molar-refractivity contribution in [3.8, 4) is 11.3 Å². The number of nitrogens with one attached hydrogen (secondary N) is 1. The number of carbonyl (C=O) groups is 2. The maximum atomic E-state index is 12.1. The monoisotopic (exact) mass is 351 g/mol. The van der Waals surface area contributed by atoms with Crippen LogP contribution in [0.2, 0.25) is 0 Å². The van der Waals surface area contributed by atoms with E-state index in [1.165, 1.54) is 24.3 Å². The summed E-state index contributed by atoms with van der Waals surface area (Å²) in [6.45, 7) is 0. The molecule has 3 aromatic rings. The van der Waals surface area contributed by atoms with Crippen LogP contribution in [0.1, 0.15) is 26.5 Å². The first kappa shape index (κ1) is 15.6. The number of aromatic nitrogens is 3. The number of nitrogens with zero attached hydrogens (tertiary/aromatic N) is 5. The van der Waals surface area contributed by atoms with Gasteiger partial charge in [-0.05, 0) is 24.3 Å². The Bertz CT molecular complexity index is 1050. The van der Waals surface area contributed by atoms with Gasteiger partial charge in [0.15, 0.2) is 0 Å². The third-order valence-electron chi connectivity index (χ3n) is 3.93. The molecular formula is C16H13N7O3. The fourth-order valence-corrected chi connectivity index (χ4v) is 2.57. The fraction of sp³-hybridized carbons (Fsp3) is 0.0625. The lowest BCUT2D eigenvalue weighted by atomic mass is 10.0. The second-order valence-corrected chi connectivity index (χ2v) is 5.56. The second kappa shape index (κ2) is 5.84. The van der Waals surface area contributed by atoms with E-state index in [0.717, 1.165) is 4.90 Å². The number of hydrogen-bond donors (Lipinski definition) is 2. The molecule has 130 valence electrons. The number of benzene rings is 1. The van der Waals surface area contributed by atoms with Crippen LogP contribution in [0.3, 0.4) is 0 Å². The molecule has 10 nitrogen and oxygen atoms in total. The highest BCUT2D eigenvalue weighted by molar-refractivity contribution is 6.21. The summed E-state index contributed by atoms with van der Waals surface area (Å²) in [6, 6.07) is 8.48. The van der Waals surface area contributed by atoms with E-state index in [-0.39, 0.29) is 17.8 Å². The van der Waals surface area contributed by atoms with Crippen molar-refractivity contribution >= 4 is 24.0 Å². The van der Waals surface area contributed by atoms with Gasteiger partial charge in [0.2, 0.25) is 0 Å². The first-order valence-electron chi connectivity index (χ1n) is 7.55. The number of fused-ring (bicyclic) bond motifs is 1. The van der Waals surface area contributed by atoms with Crippen molar-refractivity contribution in [2.24, 2.45) is 5.10 Å². The molecule has 1 aliphatic rings. The molecule has 3 N–H and O–H groups in total. The van der Waals surface area contributed by atoms with E-state index in [2.05, 4.69) is 20.7 Å². The molecule has 2 aromatic heterocycles. The zero-order valence-corrected chi connectivity index (χ0v) is 13.6. The molecule has 0 radical (unpaired) electrons. The molecule has 1 aromatic carbocycles. The highest BCUT2D eigenvalue weighted by Crippen LogP contribution is 2.28. The van der Waals surface area contributed by atoms with Crippen LogP contribution in [0.4, 0.5) is 5.95 Å². The quantitative estimate of drug-likeness (QED) is 0.309. The predicted octanol–water partition coefficient (Wildman–Crippen LogP) is 0.924. The number of amides is 2. The Morgan fingerprint density at radius 2 is 2.00 bits per heavy atom. The van der Waals surface area contributed by atoms with Crippen molar-refractivity contribution in [3.63, 3.8) is 0 Å². The number of nitrogens with two attached hydrogens (primary N) is 1. The van der Waals surface area contributed by atoms with Crippen LogP contribution in [0.25, 0.3) is 11.3 Å². The van der Waals surface area contributed by atoms with Crippen molar-refractivity contribution in [2.45, 2.75) is 0 Å². The molecule has 0 saturated carbocycles. The van der Waals surface area contributed by atoms with E-state index >= 15 is 0 Å². The van der Waals surface area contributed by atoms with E-state index < -0.39 is 0 Å². The van der Waals surface area contributed by atoms with Gasteiger partial charge in [0.1, 0.15) is 17.8 Å². The van der Waals surface area contributed by atoms with Gasteiger partial charge < -0.3 is 10.3 Å². The Hall–Kier alpha value is -3.95. The molecule has 0 aliphatic carbocycles. The summed E-state index contributed by atoms with van der Waals surface area (Å²) in [6.07, 6.45) is 2.79. The van der Waals surface area contributed by atoms with Gasteiger partial charge in [-0.25, -0.2) is 10.1 Å². The lowest BCUT2D eigenvalue weighted by Crippen LogP contribution is -2.24. The number of carbonyl (C=O) groups excluding carboxylic acids is 2. The van der Waals surface area contributed by atoms with Gasteiger partial charge in [0.25, 0.3) is 17.8 Å². The van der Waals surface area contributed by atoms with Crippen LogP contribution in [0.15, 0.2) is 46.2 Å². The zero-order chi connectivity index (χ0) is 18.3. The van der Waals surface area contributed by atoms with Crippen LogP contribution in [-0.2, 0) is 0 Å². The largest absolute Gasteiger partial charge is 0.455 e. The van der Waals surface area contributed by atoms with E-state index in [1.54, 1.807) is 30.3 Å². The number of anilines is 1. The molecule has 0 bridgehead atoms. The normalized spacial score (nSPS) is 13.7. The molecule has 26 heavy (non-hydrogen) atoms. The number of hydrogen-bond acceptors (Lipinski definition) is 8.